The summed E-state index contributed by atoms with van der Waals surface area (Å²) in [6, 6.07) is 17.4. The summed E-state index contributed by atoms with van der Waals surface area (Å²) < 4.78 is 4.81. The van der Waals surface area contributed by atoms with Crippen molar-refractivity contribution < 1.29 is 14.3 Å². The van der Waals surface area contributed by atoms with Crippen LogP contribution >= 0.6 is 0 Å². The first-order chi connectivity index (χ1) is 12.0. The van der Waals surface area contributed by atoms with E-state index in [0.29, 0.717) is 11.4 Å². The van der Waals surface area contributed by atoms with Gasteiger partial charge in [0.25, 0.3) is 0 Å². The van der Waals surface area contributed by atoms with Crippen molar-refractivity contribution in [3.05, 3.63) is 82.7 Å². The molecule has 0 saturated carbocycles. The quantitative estimate of drug-likeness (QED) is 0.486. The molecule has 0 spiro atoms. The maximum Gasteiger partial charge on any atom is 0.343 e. The highest BCUT2D eigenvalue weighted by Gasteiger charge is 2.38. The van der Waals surface area contributed by atoms with Crippen molar-refractivity contribution in [2.24, 2.45) is 0 Å². The lowest BCUT2D eigenvalue weighted by Gasteiger charge is -2.21. The number of Topliss-reactive ketones (excluding diaryl/α,β-unsaturated/α-hetero) is 1. The normalized spacial score (nSPS) is 15.9. The predicted octanol–water partition coefficient (Wildman–Crippen LogP) is 3.87. The Kier molecular flexibility index (Phi) is 4.52. The smallest absolute Gasteiger partial charge is 0.343 e. The summed E-state index contributed by atoms with van der Waals surface area (Å²) in [5.74, 6) is -0.940. The zero-order valence-corrected chi connectivity index (χ0v) is 14.4. The molecule has 1 heterocycles. The monoisotopic (exact) mass is 333 g/mol. The second-order valence-electron chi connectivity index (χ2n) is 5.89. The lowest BCUT2D eigenvalue weighted by atomic mass is 10.1. The first-order valence-electron chi connectivity index (χ1n) is 8.00. The zero-order chi connectivity index (χ0) is 18.0. The summed E-state index contributed by atoms with van der Waals surface area (Å²) in [4.78, 5) is 26.8. The Morgan fingerprint density at radius 2 is 1.64 bits per heavy atom. The molecule has 0 bridgehead atoms. The summed E-state index contributed by atoms with van der Waals surface area (Å²) in [6.07, 6.45) is 1.79. The van der Waals surface area contributed by atoms with Gasteiger partial charge in [-0.2, -0.15) is 0 Å². The standard InChI is InChI=1S/C21H19NO3/c1-14-9-11-17(12-10-14)22-15(2)19(21(24)25-3)20(23)18(22)13-16-7-5-4-6-8-16/h4-13H,1-3H3/b18-13+. The molecule has 4 nitrogen and oxygen atoms in total. The van der Waals surface area contributed by atoms with E-state index in [-0.39, 0.29) is 11.4 Å². The molecule has 0 fully saturated rings. The second kappa shape index (κ2) is 6.77. The lowest BCUT2D eigenvalue weighted by molar-refractivity contribution is -0.137. The van der Waals surface area contributed by atoms with Crippen LogP contribution in [0.2, 0.25) is 0 Å². The van der Waals surface area contributed by atoms with Crippen molar-refractivity contribution in [2.45, 2.75) is 13.8 Å². The molecular formula is C21H19NO3. The first kappa shape index (κ1) is 16.7. The molecule has 1 aliphatic rings. The number of anilines is 1. The van der Waals surface area contributed by atoms with Crippen LogP contribution < -0.4 is 4.90 Å². The molecule has 25 heavy (non-hydrogen) atoms. The van der Waals surface area contributed by atoms with Crippen molar-refractivity contribution in [3.8, 4) is 0 Å². The number of carbonyl (C=O) groups excluding carboxylic acids is 2. The van der Waals surface area contributed by atoms with Gasteiger partial charge in [-0.15, -0.1) is 0 Å². The molecule has 0 atom stereocenters. The SMILES string of the molecule is COC(=O)C1=C(C)N(c2ccc(C)cc2)/C(=C/c2ccccc2)C1=O. The molecule has 0 unspecified atom stereocenters. The fourth-order valence-electron chi connectivity index (χ4n) is 2.89. The van der Waals surface area contributed by atoms with E-state index < -0.39 is 5.97 Å². The number of hydrogen-bond acceptors (Lipinski definition) is 4. The fourth-order valence-corrected chi connectivity index (χ4v) is 2.89. The molecular weight excluding hydrogens is 314 g/mol. The third-order valence-electron chi connectivity index (χ3n) is 4.18. The molecule has 0 aliphatic carbocycles. The molecule has 0 saturated heterocycles. The zero-order valence-electron chi connectivity index (χ0n) is 14.4. The maximum atomic E-state index is 12.9. The van der Waals surface area contributed by atoms with Gasteiger partial charge in [-0.05, 0) is 37.6 Å². The van der Waals surface area contributed by atoms with Gasteiger partial charge < -0.3 is 9.64 Å². The van der Waals surface area contributed by atoms with Gasteiger partial charge in [-0.25, -0.2) is 4.79 Å². The van der Waals surface area contributed by atoms with Gasteiger partial charge in [-0.3, -0.25) is 4.79 Å². The summed E-state index contributed by atoms with van der Waals surface area (Å²) in [5.41, 5.74) is 3.93. The fraction of sp³-hybridized carbons (Fsp3) is 0.143. The van der Waals surface area contributed by atoms with Crippen molar-refractivity contribution in [2.75, 3.05) is 12.0 Å². The number of hydrogen-bond donors (Lipinski definition) is 0. The van der Waals surface area contributed by atoms with E-state index in [4.69, 9.17) is 4.74 Å². The summed E-state index contributed by atoms with van der Waals surface area (Å²) in [5, 5.41) is 0. The number of aryl methyl sites for hydroxylation is 1. The number of benzene rings is 2. The van der Waals surface area contributed by atoms with Crippen molar-refractivity contribution in [3.63, 3.8) is 0 Å². The van der Waals surface area contributed by atoms with Crippen molar-refractivity contribution in [1.82, 2.24) is 0 Å². The van der Waals surface area contributed by atoms with Crippen LogP contribution in [0.3, 0.4) is 0 Å². The van der Waals surface area contributed by atoms with Gasteiger partial charge in [0.05, 0.1) is 12.8 Å². The Balaban J connectivity index is 2.15. The Morgan fingerprint density at radius 3 is 2.24 bits per heavy atom. The number of esters is 1. The van der Waals surface area contributed by atoms with E-state index in [2.05, 4.69) is 0 Å². The molecule has 3 rings (SSSR count). The topological polar surface area (TPSA) is 46.6 Å². The minimum absolute atomic E-state index is 0.0743. The molecule has 0 radical (unpaired) electrons. The molecule has 2 aromatic carbocycles. The number of ether oxygens (including phenoxy) is 1. The van der Waals surface area contributed by atoms with E-state index in [1.54, 1.807) is 17.9 Å². The van der Waals surface area contributed by atoms with Gasteiger partial charge in [0.1, 0.15) is 5.57 Å². The van der Waals surface area contributed by atoms with E-state index in [1.807, 2.05) is 61.5 Å². The second-order valence-corrected chi connectivity index (χ2v) is 5.89. The van der Waals surface area contributed by atoms with E-state index in [9.17, 15) is 9.59 Å². The first-order valence-corrected chi connectivity index (χ1v) is 8.00. The number of nitrogens with zero attached hydrogens (tertiary/aromatic N) is 1. The molecule has 2 aromatic rings. The van der Waals surface area contributed by atoms with Gasteiger partial charge in [0.2, 0.25) is 5.78 Å². The van der Waals surface area contributed by atoms with Crippen LogP contribution in [0.15, 0.2) is 71.6 Å². The van der Waals surface area contributed by atoms with Crippen LogP contribution in [0.4, 0.5) is 5.69 Å². The highest BCUT2D eigenvalue weighted by Crippen LogP contribution is 2.35. The molecule has 0 N–H and O–H groups in total. The molecule has 0 amide bonds. The third-order valence-corrected chi connectivity index (χ3v) is 4.18. The van der Waals surface area contributed by atoms with Crippen LogP contribution in [0.1, 0.15) is 18.1 Å². The van der Waals surface area contributed by atoms with Crippen molar-refractivity contribution in [1.29, 1.82) is 0 Å². The molecule has 0 aromatic heterocycles. The van der Waals surface area contributed by atoms with E-state index >= 15 is 0 Å². The highest BCUT2D eigenvalue weighted by atomic mass is 16.5. The number of ketones is 1. The molecule has 4 heteroatoms. The Hall–Kier alpha value is -3.14. The van der Waals surface area contributed by atoms with Gasteiger partial charge in [0, 0.05) is 11.4 Å². The van der Waals surface area contributed by atoms with Crippen LogP contribution in [0.25, 0.3) is 6.08 Å². The lowest BCUT2D eigenvalue weighted by Crippen LogP contribution is -2.18. The Morgan fingerprint density at radius 1 is 1.00 bits per heavy atom. The maximum absolute atomic E-state index is 12.9. The van der Waals surface area contributed by atoms with Gasteiger partial charge >= 0.3 is 5.97 Å². The average molecular weight is 333 g/mol. The number of methoxy groups -OCH3 is 1. The number of carbonyl (C=O) groups is 2. The van der Waals surface area contributed by atoms with Crippen molar-refractivity contribution >= 4 is 23.5 Å². The Labute approximate surface area is 147 Å². The Bertz CT molecular complexity index is 877. The largest absolute Gasteiger partial charge is 0.465 e. The third kappa shape index (κ3) is 3.11. The minimum Gasteiger partial charge on any atom is -0.465 e. The summed E-state index contributed by atoms with van der Waals surface area (Å²) >= 11 is 0. The predicted molar refractivity (Wildman–Crippen MR) is 97.8 cm³/mol. The van der Waals surface area contributed by atoms with Crippen LogP contribution in [0, 0.1) is 6.92 Å². The molecule has 126 valence electrons. The minimum atomic E-state index is -0.615. The average Bonchev–Trinajstić information content (AvgIpc) is 2.86. The van der Waals surface area contributed by atoms with E-state index in [1.165, 1.54) is 7.11 Å². The van der Waals surface area contributed by atoms with Crippen LogP contribution in [0.5, 0.6) is 0 Å². The highest BCUT2D eigenvalue weighted by molar-refractivity contribution is 6.30. The number of allylic oxidation sites excluding steroid dienone is 2. The van der Waals surface area contributed by atoms with Crippen LogP contribution in [-0.2, 0) is 14.3 Å². The summed E-state index contributed by atoms with van der Waals surface area (Å²) in [6.45, 7) is 3.76. The van der Waals surface area contributed by atoms with Crippen LogP contribution in [-0.4, -0.2) is 18.9 Å². The number of rotatable bonds is 3. The van der Waals surface area contributed by atoms with Gasteiger partial charge in [0.15, 0.2) is 0 Å². The molecule has 1 aliphatic heterocycles. The van der Waals surface area contributed by atoms with Gasteiger partial charge in [-0.1, -0.05) is 48.0 Å². The van der Waals surface area contributed by atoms with E-state index in [0.717, 1.165) is 16.8 Å². The summed E-state index contributed by atoms with van der Waals surface area (Å²) in [7, 11) is 1.28.